The van der Waals surface area contributed by atoms with Crippen LogP contribution in [0.25, 0.3) is 0 Å². The first-order valence-corrected chi connectivity index (χ1v) is 10.1. The first-order valence-electron chi connectivity index (χ1n) is 8.71. The van der Waals surface area contributed by atoms with E-state index in [0.29, 0.717) is 0 Å². The van der Waals surface area contributed by atoms with E-state index in [4.69, 9.17) is 0 Å². The van der Waals surface area contributed by atoms with Gasteiger partial charge in [-0.05, 0) is 37.6 Å². The highest BCUT2D eigenvalue weighted by molar-refractivity contribution is 7.98. The molecule has 0 saturated heterocycles. The van der Waals surface area contributed by atoms with Gasteiger partial charge in [-0.15, -0.1) is 0 Å². The molecule has 0 unspecified atom stereocenters. The molecule has 2 nitrogen and oxygen atoms in total. The first-order chi connectivity index (χ1) is 10.8. The number of hydrogen-bond acceptors (Lipinski definition) is 3. The van der Waals surface area contributed by atoms with Crippen molar-refractivity contribution in [1.82, 2.24) is 9.80 Å². The van der Waals surface area contributed by atoms with Crippen LogP contribution in [0.1, 0.15) is 31.2 Å². The quantitative estimate of drug-likeness (QED) is 0.644. The van der Waals surface area contributed by atoms with Gasteiger partial charge in [0.1, 0.15) is 0 Å². The van der Waals surface area contributed by atoms with Crippen LogP contribution in [-0.2, 0) is 6.54 Å². The highest BCUT2D eigenvalue weighted by Crippen LogP contribution is 2.25. The van der Waals surface area contributed by atoms with E-state index in [0.717, 1.165) is 12.5 Å². The molecule has 0 spiro atoms. The Labute approximate surface area is 141 Å². The maximum absolute atomic E-state index is 2.61. The van der Waals surface area contributed by atoms with E-state index in [1.807, 2.05) is 11.8 Å². The van der Waals surface area contributed by atoms with Gasteiger partial charge >= 0.3 is 0 Å². The zero-order valence-corrected chi connectivity index (χ0v) is 15.2. The summed E-state index contributed by atoms with van der Waals surface area (Å²) in [6.45, 7) is 5.93. The molecule has 0 aliphatic heterocycles. The van der Waals surface area contributed by atoms with Crippen LogP contribution in [0.3, 0.4) is 0 Å². The molecule has 1 aliphatic carbocycles. The molecule has 124 valence electrons. The van der Waals surface area contributed by atoms with Gasteiger partial charge in [0, 0.05) is 38.5 Å². The van der Waals surface area contributed by atoms with Gasteiger partial charge in [0.2, 0.25) is 0 Å². The molecule has 0 amide bonds. The third-order valence-corrected chi connectivity index (χ3v) is 5.29. The summed E-state index contributed by atoms with van der Waals surface area (Å²) in [6, 6.07) is 10.9. The van der Waals surface area contributed by atoms with Crippen LogP contribution >= 0.6 is 11.8 Å². The van der Waals surface area contributed by atoms with Crippen LogP contribution in [0, 0.1) is 5.92 Å². The molecule has 1 aliphatic rings. The molecule has 0 N–H and O–H groups in total. The highest BCUT2D eigenvalue weighted by Gasteiger charge is 2.17. The normalized spacial score (nSPS) is 16.0. The molecule has 0 bridgehead atoms. The van der Waals surface area contributed by atoms with E-state index in [1.165, 1.54) is 63.2 Å². The summed E-state index contributed by atoms with van der Waals surface area (Å²) in [5.41, 5.74) is 1.43. The van der Waals surface area contributed by atoms with Crippen LogP contribution in [0.5, 0.6) is 0 Å². The number of thioether (sulfide) groups is 1. The lowest BCUT2D eigenvalue weighted by molar-refractivity contribution is 0.211. The Hall–Kier alpha value is -0.510. The molecule has 0 atom stereocenters. The molecule has 1 aromatic carbocycles. The second kappa shape index (κ2) is 10.3. The lowest BCUT2D eigenvalue weighted by atomic mass is 10.1. The number of hydrogen-bond donors (Lipinski definition) is 0. The molecule has 3 heteroatoms. The number of benzene rings is 1. The average molecular weight is 321 g/mol. The van der Waals surface area contributed by atoms with Gasteiger partial charge < -0.3 is 4.90 Å². The van der Waals surface area contributed by atoms with E-state index >= 15 is 0 Å². The van der Waals surface area contributed by atoms with Gasteiger partial charge in [-0.1, -0.05) is 43.2 Å². The van der Waals surface area contributed by atoms with E-state index < -0.39 is 0 Å². The molecular formula is C19H32N2S. The third kappa shape index (κ3) is 6.72. The van der Waals surface area contributed by atoms with Crippen molar-refractivity contribution in [2.75, 3.05) is 45.2 Å². The maximum Gasteiger partial charge on any atom is 0.0234 e. The molecule has 2 rings (SSSR count). The van der Waals surface area contributed by atoms with Crippen LogP contribution in [0.4, 0.5) is 0 Å². The molecule has 0 heterocycles. The van der Waals surface area contributed by atoms with Gasteiger partial charge in [-0.3, -0.25) is 4.90 Å². The monoisotopic (exact) mass is 320 g/mol. The fourth-order valence-electron chi connectivity index (χ4n) is 3.37. The van der Waals surface area contributed by atoms with Crippen LogP contribution in [0.2, 0.25) is 0 Å². The van der Waals surface area contributed by atoms with Crippen molar-refractivity contribution in [3.05, 3.63) is 35.9 Å². The minimum Gasteiger partial charge on any atom is -0.305 e. The van der Waals surface area contributed by atoms with E-state index in [1.54, 1.807) is 0 Å². The number of nitrogens with zero attached hydrogens (tertiary/aromatic N) is 2. The van der Waals surface area contributed by atoms with Gasteiger partial charge in [0.15, 0.2) is 0 Å². The predicted octanol–water partition coefficient (Wildman–Crippen LogP) is 3.97. The number of likely N-dealkylation sites (N-methyl/N-ethyl adjacent to an activating group) is 1. The van der Waals surface area contributed by atoms with E-state index in [2.05, 4.69) is 53.4 Å². The average Bonchev–Trinajstić information content (AvgIpc) is 3.04. The smallest absolute Gasteiger partial charge is 0.0234 e. The Morgan fingerprint density at radius 1 is 1.05 bits per heavy atom. The first kappa shape index (κ1) is 17.8. The van der Waals surface area contributed by atoms with Crippen molar-refractivity contribution in [2.45, 2.75) is 32.2 Å². The van der Waals surface area contributed by atoms with Crippen molar-refractivity contribution >= 4 is 11.8 Å². The Kier molecular flexibility index (Phi) is 8.35. The third-order valence-electron chi connectivity index (χ3n) is 4.70. The molecule has 22 heavy (non-hydrogen) atoms. The van der Waals surface area contributed by atoms with Gasteiger partial charge in [0.25, 0.3) is 0 Å². The van der Waals surface area contributed by atoms with Crippen molar-refractivity contribution in [1.29, 1.82) is 0 Å². The molecule has 1 aromatic rings. The minimum absolute atomic E-state index is 0.957. The summed E-state index contributed by atoms with van der Waals surface area (Å²) in [5, 5.41) is 0. The summed E-state index contributed by atoms with van der Waals surface area (Å²) in [5.74, 6) is 2.18. The molecule has 1 fully saturated rings. The molecular weight excluding hydrogens is 288 g/mol. The predicted molar refractivity (Wildman–Crippen MR) is 99.6 cm³/mol. The molecule has 1 saturated carbocycles. The zero-order valence-electron chi connectivity index (χ0n) is 14.3. The fourth-order valence-corrected chi connectivity index (χ4v) is 3.81. The van der Waals surface area contributed by atoms with Crippen molar-refractivity contribution in [3.63, 3.8) is 0 Å². The minimum atomic E-state index is 0.957. The standard InChI is InChI=1S/C19H32N2S/c1-20(16-18-10-6-7-11-18)12-13-21(14-15-22-2)17-19-8-4-3-5-9-19/h3-5,8-9,18H,6-7,10-17H2,1-2H3. The van der Waals surface area contributed by atoms with Crippen molar-refractivity contribution in [2.24, 2.45) is 5.92 Å². The largest absolute Gasteiger partial charge is 0.305 e. The van der Waals surface area contributed by atoms with Crippen LogP contribution < -0.4 is 0 Å². The Morgan fingerprint density at radius 2 is 1.77 bits per heavy atom. The van der Waals surface area contributed by atoms with E-state index in [-0.39, 0.29) is 0 Å². The number of rotatable bonds is 10. The lowest BCUT2D eigenvalue weighted by Crippen LogP contribution is -2.36. The maximum atomic E-state index is 2.61. The second-order valence-electron chi connectivity index (χ2n) is 6.67. The van der Waals surface area contributed by atoms with Crippen LogP contribution in [-0.4, -0.2) is 55.0 Å². The Morgan fingerprint density at radius 3 is 2.45 bits per heavy atom. The topological polar surface area (TPSA) is 6.48 Å². The molecule has 0 radical (unpaired) electrons. The summed E-state index contributed by atoms with van der Waals surface area (Å²) in [7, 11) is 2.30. The van der Waals surface area contributed by atoms with Gasteiger partial charge in [-0.2, -0.15) is 11.8 Å². The Balaban J connectivity index is 1.75. The SMILES string of the molecule is CSCCN(CCN(C)CC1CCCC1)Cc1ccccc1. The van der Waals surface area contributed by atoms with Crippen molar-refractivity contribution in [3.8, 4) is 0 Å². The highest BCUT2D eigenvalue weighted by atomic mass is 32.2. The van der Waals surface area contributed by atoms with Crippen molar-refractivity contribution < 1.29 is 0 Å². The second-order valence-corrected chi connectivity index (χ2v) is 7.65. The summed E-state index contributed by atoms with van der Waals surface area (Å²) in [4.78, 5) is 5.16. The van der Waals surface area contributed by atoms with Gasteiger partial charge in [0.05, 0.1) is 0 Å². The summed E-state index contributed by atoms with van der Waals surface area (Å²) >= 11 is 1.95. The Bertz CT molecular complexity index is 390. The van der Waals surface area contributed by atoms with Gasteiger partial charge in [-0.25, -0.2) is 0 Å². The summed E-state index contributed by atoms with van der Waals surface area (Å²) in [6.07, 6.45) is 8.00. The zero-order chi connectivity index (χ0) is 15.6. The van der Waals surface area contributed by atoms with Crippen LogP contribution in [0.15, 0.2) is 30.3 Å². The summed E-state index contributed by atoms with van der Waals surface area (Å²) < 4.78 is 0. The van der Waals surface area contributed by atoms with E-state index in [9.17, 15) is 0 Å². The molecule has 0 aromatic heterocycles. The fraction of sp³-hybridized carbons (Fsp3) is 0.684. The lowest BCUT2D eigenvalue weighted by Gasteiger charge is -2.27.